The monoisotopic (exact) mass is 619 g/mol. The molecule has 3 aliphatic heterocycles. The van der Waals surface area contributed by atoms with Crippen molar-refractivity contribution in [1.29, 1.82) is 0 Å². The van der Waals surface area contributed by atoms with Crippen molar-refractivity contribution < 1.29 is 33.1 Å². The van der Waals surface area contributed by atoms with Crippen LogP contribution in [0.4, 0.5) is 4.39 Å². The molecule has 0 atom stereocenters. The predicted molar refractivity (Wildman–Crippen MR) is 159 cm³/mol. The molecule has 3 aliphatic rings. The van der Waals surface area contributed by atoms with Crippen molar-refractivity contribution in [3.05, 3.63) is 48.0 Å². The molecule has 15 heteroatoms. The normalized spacial score (nSPS) is 18.5. The number of primary amides is 1. The summed E-state index contributed by atoms with van der Waals surface area (Å²) in [7, 11) is 1.20. The fourth-order valence-corrected chi connectivity index (χ4v) is 6.36. The van der Waals surface area contributed by atoms with Gasteiger partial charge in [0.25, 0.3) is 0 Å². The summed E-state index contributed by atoms with van der Waals surface area (Å²) in [5.41, 5.74) is 8.14. The average Bonchev–Trinajstić information content (AvgIpc) is 3.61. The number of hydrogen-bond donors (Lipinski definition) is 3. The number of amides is 4. The first-order valence-corrected chi connectivity index (χ1v) is 14.6. The highest BCUT2D eigenvalue weighted by molar-refractivity contribution is 6.00. The Bertz CT molecular complexity index is 1870. The quantitative estimate of drug-likeness (QED) is 0.181. The second-order valence-electron chi connectivity index (χ2n) is 11.3. The lowest BCUT2D eigenvalue weighted by Crippen LogP contribution is -2.65. The molecule has 7 rings (SSSR count). The van der Waals surface area contributed by atoms with Gasteiger partial charge in [0.05, 0.1) is 37.5 Å². The van der Waals surface area contributed by atoms with Gasteiger partial charge in [-0.2, -0.15) is 5.10 Å². The van der Waals surface area contributed by atoms with Gasteiger partial charge in [-0.3, -0.25) is 23.9 Å². The number of nitrogens with zero attached hydrogens (tertiary/aromatic N) is 5. The van der Waals surface area contributed by atoms with Crippen LogP contribution in [0.25, 0.3) is 32.9 Å². The molecule has 2 aromatic heterocycles. The van der Waals surface area contributed by atoms with Crippen LogP contribution in [0.1, 0.15) is 37.3 Å². The van der Waals surface area contributed by atoms with Crippen LogP contribution in [0.3, 0.4) is 0 Å². The van der Waals surface area contributed by atoms with E-state index in [0.717, 1.165) is 0 Å². The number of methoxy groups -OCH3 is 1. The predicted octanol–water partition coefficient (Wildman–Crippen LogP) is 0.720. The Morgan fingerprint density at radius 2 is 1.78 bits per heavy atom. The minimum Gasteiger partial charge on any atom is -0.468 e. The van der Waals surface area contributed by atoms with Crippen LogP contribution in [0, 0.1) is 5.82 Å². The Hall–Kier alpha value is -5.18. The van der Waals surface area contributed by atoms with E-state index in [9.17, 15) is 24.0 Å². The van der Waals surface area contributed by atoms with Gasteiger partial charge in [0.2, 0.25) is 17.7 Å². The molecule has 4 N–H and O–H groups in total. The zero-order valence-corrected chi connectivity index (χ0v) is 24.5. The van der Waals surface area contributed by atoms with Gasteiger partial charge in [-0.25, -0.2) is 9.18 Å². The van der Waals surface area contributed by atoms with Gasteiger partial charge in [0, 0.05) is 41.5 Å². The smallest absolute Gasteiger partial charge is 0.340 e. The number of carbonyl (C=O) groups is 5. The second kappa shape index (κ2) is 11.7. The first-order chi connectivity index (χ1) is 21.6. The number of aromatic nitrogens is 4. The van der Waals surface area contributed by atoms with Gasteiger partial charge in [0.1, 0.15) is 37.5 Å². The zero-order valence-electron chi connectivity index (χ0n) is 24.5. The highest BCUT2D eigenvalue weighted by Gasteiger charge is 2.46. The molecule has 2 aromatic carbocycles. The summed E-state index contributed by atoms with van der Waals surface area (Å²) in [5.74, 6) is -3.03. The van der Waals surface area contributed by atoms with E-state index >= 15 is 4.39 Å². The summed E-state index contributed by atoms with van der Waals surface area (Å²) in [6.07, 6.45) is 2.47. The molecule has 1 saturated heterocycles. The Morgan fingerprint density at radius 3 is 2.51 bits per heavy atom. The van der Waals surface area contributed by atoms with Gasteiger partial charge < -0.3 is 21.1 Å². The van der Waals surface area contributed by atoms with Gasteiger partial charge in [-0.05, 0) is 23.8 Å². The Kier molecular flexibility index (Phi) is 7.78. The lowest BCUT2D eigenvalue weighted by Gasteiger charge is -2.39. The lowest BCUT2D eigenvalue weighted by atomic mass is 9.88. The third-order valence-electron chi connectivity index (χ3n) is 8.62. The topological polar surface area (TPSA) is 180 Å². The number of nitrogens with one attached hydrogen (secondary N) is 2. The number of benzene rings is 2. The largest absolute Gasteiger partial charge is 0.468 e. The number of nitrogens with two attached hydrogens (primary N) is 1. The van der Waals surface area contributed by atoms with Crippen LogP contribution >= 0.6 is 0 Å². The maximum atomic E-state index is 15.8. The third-order valence-corrected chi connectivity index (χ3v) is 8.62. The molecule has 14 nitrogen and oxygen atoms in total. The standard InChI is InChI=1S/C30H31FN8O6/c1-45-28(44)15-34-25(41)14-33-26(42)16-37-22-4-2-3-19-20-12-23-18(11-21(20)31)13-35-38(23)39(27(43)6-5-24(32)40)9-7-17(8-10-39)30(36-37)29(19)22/h2-4,11-13,17H,5-10,14-16H2,1H3,(H3-,32,33,34,40,41,42)/p+1. The highest BCUT2D eigenvalue weighted by Crippen LogP contribution is 2.42. The number of quaternary nitrogens is 1. The highest BCUT2D eigenvalue weighted by atomic mass is 19.1. The van der Waals surface area contributed by atoms with Gasteiger partial charge in [-0.15, -0.1) is 9.69 Å². The van der Waals surface area contributed by atoms with Gasteiger partial charge in [0.15, 0.2) is 0 Å². The van der Waals surface area contributed by atoms with Crippen LogP contribution in [0.15, 0.2) is 36.5 Å². The van der Waals surface area contributed by atoms with Crippen LogP contribution in [-0.2, 0) is 35.3 Å². The molecule has 234 valence electrons. The molecule has 0 radical (unpaired) electrons. The molecule has 5 heterocycles. The van der Waals surface area contributed by atoms with Crippen molar-refractivity contribution >= 4 is 51.4 Å². The van der Waals surface area contributed by atoms with Crippen molar-refractivity contribution in [1.82, 2.24) is 34.9 Å². The summed E-state index contributed by atoms with van der Waals surface area (Å²) >= 11 is 0. The second-order valence-corrected chi connectivity index (χ2v) is 11.3. The van der Waals surface area contributed by atoms with E-state index in [0.29, 0.717) is 64.6 Å². The van der Waals surface area contributed by atoms with E-state index in [1.165, 1.54) is 17.9 Å². The van der Waals surface area contributed by atoms with Gasteiger partial charge >= 0.3 is 11.9 Å². The minimum atomic E-state index is -0.616. The molecule has 0 aliphatic carbocycles. The fraction of sp³-hybridized carbons (Fsp3) is 0.367. The van der Waals surface area contributed by atoms with Crippen molar-refractivity contribution in [2.75, 3.05) is 33.3 Å². The average molecular weight is 620 g/mol. The third kappa shape index (κ3) is 5.39. The molecule has 4 amide bonds. The molecule has 0 saturated carbocycles. The summed E-state index contributed by atoms with van der Waals surface area (Å²) in [5, 5.41) is 15.6. The number of rotatable bonds is 9. The van der Waals surface area contributed by atoms with E-state index in [2.05, 4.69) is 20.5 Å². The zero-order chi connectivity index (χ0) is 31.9. The van der Waals surface area contributed by atoms with E-state index in [4.69, 9.17) is 10.8 Å². The van der Waals surface area contributed by atoms with Crippen molar-refractivity contribution in [3.8, 4) is 11.1 Å². The van der Waals surface area contributed by atoms with Crippen LogP contribution < -0.4 is 21.0 Å². The first-order valence-electron chi connectivity index (χ1n) is 14.6. The number of hydrogen-bond acceptors (Lipinski definition) is 8. The molecular weight excluding hydrogens is 587 g/mol. The summed E-state index contributed by atoms with van der Waals surface area (Å²) in [6.45, 7) is -0.148. The van der Waals surface area contributed by atoms with Crippen LogP contribution in [0.5, 0.6) is 0 Å². The number of piperidine rings is 1. The molecule has 45 heavy (non-hydrogen) atoms. The van der Waals surface area contributed by atoms with Crippen molar-refractivity contribution in [2.24, 2.45) is 5.73 Å². The molecule has 4 aromatic rings. The maximum Gasteiger partial charge on any atom is 0.340 e. The van der Waals surface area contributed by atoms with Crippen molar-refractivity contribution in [3.63, 3.8) is 0 Å². The first kappa shape index (κ1) is 29.9. The summed E-state index contributed by atoms with van der Waals surface area (Å²) in [4.78, 5) is 63.2. The van der Waals surface area contributed by atoms with Crippen LogP contribution in [0.2, 0.25) is 0 Å². The number of halogens is 1. The number of esters is 1. The Morgan fingerprint density at radius 1 is 1.02 bits per heavy atom. The van der Waals surface area contributed by atoms with Crippen LogP contribution in [-0.4, -0.2) is 82.6 Å². The van der Waals surface area contributed by atoms with E-state index in [-0.39, 0.29) is 48.9 Å². The summed E-state index contributed by atoms with van der Waals surface area (Å²) in [6, 6.07) is 8.46. The Balaban J connectivity index is 1.39. The molecular formula is C30H32FN8O6+. The minimum absolute atomic E-state index is 0.0513. The van der Waals surface area contributed by atoms with E-state index in [1.54, 1.807) is 23.1 Å². The number of carbonyl (C=O) groups excluding carboxylic acids is 5. The molecule has 0 spiro atoms. The van der Waals surface area contributed by atoms with E-state index in [1.807, 2.05) is 12.1 Å². The number of ether oxygens (including phenoxy) is 1. The summed E-state index contributed by atoms with van der Waals surface area (Å²) < 4.78 is 21.7. The number of fused-ring (bicyclic) bond motifs is 2. The molecule has 0 unspecified atom stereocenters. The Labute approximate surface area is 255 Å². The molecule has 4 bridgehead atoms. The fourth-order valence-electron chi connectivity index (χ4n) is 6.36. The lowest BCUT2D eigenvalue weighted by molar-refractivity contribution is -0.141. The molecule has 1 fully saturated rings. The van der Waals surface area contributed by atoms with E-state index < -0.39 is 29.5 Å². The van der Waals surface area contributed by atoms with Gasteiger partial charge in [-0.1, -0.05) is 16.9 Å². The maximum absolute atomic E-state index is 15.8. The SMILES string of the molecule is COC(=O)CNC(=O)CNC(=O)Cn1nc2c3c(cccc31)-c1cc3c(cnn3[N+]3(C(=O)CCC(N)=O)CCC2CC3)cc1F. The van der Waals surface area contributed by atoms with Crippen molar-refractivity contribution in [2.45, 2.75) is 38.1 Å².